The zero-order valence-electron chi connectivity index (χ0n) is 11.6. The highest BCUT2D eigenvalue weighted by molar-refractivity contribution is 7.12. The Balaban J connectivity index is 1.69. The van der Waals surface area contributed by atoms with Gasteiger partial charge in [-0.05, 0) is 54.5 Å². The molecule has 0 bridgehead atoms. The van der Waals surface area contributed by atoms with Crippen LogP contribution in [-0.4, -0.2) is 21.7 Å². The van der Waals surface area contributed by atoms with Crippen LogP contribution in [0.5, 0.6) is 0 Å². The highest BCUT2D eigenvalue weighted by Crippen LogP contribution is 2.30. The maximum Gasteiger partial charge on any atom is 0.169 e. The van der Waals surface area contributed by atoms with E-state index >= 15 is 0 Å². The van der Waals surface area contributed by atoms with E-state index in [1.54, 1.807) is 18.3 Å². The highest BCUT2D eigenvalue weighted by Gasteiger charge is 2.29. The summed E-state index contributed by atoms with van der Waals surface area (Å²) >= 11 is 1.55. The molecule has 0 amide bonds. The quantitative estimate of drug-likeness (QED) is 0.762. The van der Waals surface area contributed by atoms with Crippen LogP contribution >= 0.6 is 11.3 Å². The number of aromatic nitrogens is 1. The van der Waals surface area contributed by atoms with E-state index in [-0.39, 0.29) is 5.78 Å². The second-order valence-electron chi connectivity index (χ2n) is 5.37. The van der Waals surface area contributed by atoms with Gasteiger partial charge in [-0.15, -0.1) is 11.3 Å². The van der Waals surface area contributed by atoms with Crippen molar-refractivity contribution in [2.24, 2.45) is 0 Å². The van der Waals surface area contributed by atoms with E-state index in [4.69, 9.17) is 0 Å². The molecule has 0 atom stereocenters. The first kappa shape index (κ1) is 13.5. The Kier molecular flexibility index (Phi) is 3.94. The minimum atomic E-state index is 0.161. The number of rotatable bonds is 6. The predicted molar refractivity (Wildman–Crippen MR) is 80.8 cm³/mol. The smallest absolute Gasteiger partial charge is 0.169 e. The molecule has 3 rings (SSSR count). The van der Waals surface area contributed by atoms with Crippen LogP contribution in [0.4, 0.5) is 0 Å². The summed E-state index contributed by atoms with van der Waals surface area (Å²) < 4.78 is 0. The van der Waals surface area contributed by atoms with Crippen molar-refractivity contribution in [1.29, 1.82) is 0 Å². The fourth-order valence-electron chi connectivity index (χ4n) is 2.35. The molecular formula is C16H18N2OS. The van der Waals surface area contributed by atoms with E-state index in [0.29, 0.717) is 6.04 Å². The van der Waals surface area contributed by atoms with Gasteiger partial charge in [0.1, 0.15) is 0 Å². The molecule has 1 fully saturated rings. The maximum atomic E-state index is 11.4. The molecule has 0 N–H and O–H groups in total. The molecule has 2 aromatic heterocycles. The normalized spacial score (nSPS) is 14.7. The van der Waals surface area contributed by atoms with Gasteiger partial charge in [0.05, 0.1) is 4.88 Å². The second-order valence-corrected chi connectivity index (χ2v) is 6.28. The molecule has 0 radical (unpaired) electrons. The maximum absolute atomic E-state index is 11.4. The molecule has 4 heteroatoms. The van der Waals surface area contributed by atoms with Crippen LogP contribution in [0.3, 0.4) is 0 Å². The lowest BCUT2D eigenvalue weighted by Gasteiger charge is -2.21. The molecular weight excluding hydrogens is 268 g/mol. The molecule has 2 heterocycles. The number of ketones is 1. The van der Waals surface area contributed by atoms with Gasteiger partial charge in [0, 0.05) is 31.5 Å². The van der Waals surface area contributed by atoms with E-state index in [9.17, 15) is 4.79 Å². The third kappa shape index (κ3) is 3.32. The molecule has 20 heavy (non-hydrogen) atoms. The number of pyridine rings is 1. The lowest BCUT2D eigenvalue weighted by atomic mass is 10.2. The molecule has 0 unspecified atom stereocenters. The minimum Gasteiger partial charge on any atom is -0.294 e. The third-order valence-electron chi connectivity index (χ3n) is 3.58. The van der Waals surface area contributed by atoms with Crippen LogP contribution in [-0.2, 0) is 13.1 Å². The number of hydrogen-bond donors (Lipinski definition) is 0. The van der Waals surface area contributed by atoms with Gasteiger partial charge in [-0.1, -0.05) is 0 Å². The SMILES string of the molecule is CC(=O)c1cc(CN(Cc2ccncc2)C2CC2)cs1. The fraction of sp³-hybridized carbons (Fsp3) is 0.375. The van der Waals surface area contributed by atoms with Gasteiger partial charge in [-0.3, -0.25) is 14.7 Å². The number of carbonyl (C=O) groups excluding carboxylic acids is 1. The number of carbonyl (C=O) groups is 1. The van der Waals surface area contributed by atoms with Crippen LogP contribution in [0.2, 0.25) is 0 Å². The van der Waals surface area contributed by atoms with Crippen molar-refractivity contribution in [2.45, 2.75) is 38.9 Å². The molecule has 0 saturated heterocycles. The van der Waals surface area contributed by atoms with Gasteiger partial charge in [0.25, 0.3) is 0 Å². The first-order valence-electron chi connectivity index (χ1n) is 6.93. The summed E-state index contributed by atoms with van der Waals surface area (Å²) in [7, 11) is 0. The van der Waals surface area contributed by atoms with Crippen molar-refractivity contribution < 1.29 is 4.79 Å². The van der Waals surface area contributed by atoms with E-state index in [2.05, 4.69) is 27.4 Å². The molecule has 104 valence electrons. The molecule has 0 aromatic carbocycles. The van der Waals surface area contributed by atoms with E-state index < -0.39 is 0 Å². The zero-order chi connectivity index (χ0) is 13.9. The monoisotopic (exact) mass is 286 g/mol. The largest absolute Gasteiger partial charge is 0.294 e. The van der Waals surface area contributed by atoms with E-state index in [1.165, 1.54) is 24.0 Å². The second kappa shape index (κ2) is 5.85. The Hall–Kier alpha value is -1.52. The molecule has 0 aliphatic heterocycles. The van der Waals surface area contributed by atoms with Crippen molar-refractivity contribution in [2.75, 3.05) is 0 Å². The van der Waals surface area contributed by atoms with Crippen LogP contribution < -0.4 is 0 Å². The lowest BCUT2D eigenvalue weighted by Crippen LogP contribution is -2.24. The van der Waals surface area contributed by atoms with Crippen molar-refractivity contribution in [3.05, 3.63) is 52.0 Å². The molecule has 0 spiro atoms. The van der Waals surface area contributed by atoms with E-state index in [0.717, 1.165) is 18.0 Å². The van der Waals surface area contributed by atoms with Gasteiger partial charge < -0.3 is 0 Å². The molecule has 2 aromatic rings. The number of nitrogens with zero attached hydrogens (tertiary/aromatic N) is 2. The lowest BCUT2D eigenvalue weighted by molar-refractivity contribution is 0.102. The van der Waals surface area contributed by atoms with Crippen LogP contribution in [0, 0.1) is 0 Å². The van der Waals surface area contributed by atoms with Gasteiger partial charge in [0.15, 0.2) is 5.78 Å². The average Bonchev–Trinajstić information content (AvgIpc) is 3.19. The molecule has 1 aliphatic carbocycles. The number of Topliss-reactive ketones (excluding diaryl/α,β-unsaturated/α-hetero) is 1. The average molecular weight is 286 g/mol. The predicted octanol–water partition coefficient (Wildman–Crippen LogP) is 3.51. The van der Waals surface area contributed by atoms with Gasteiger partial charge >= 0.3 is 0 Å². The first-order chi connectivity index (χ1) is 9.72. The van der Waals surface area contributed by atoms with Gasteiger partial charge in [-0.25, -0.2) is 0 Å². The Morgan fingerprint density at radius 3 is 2.60 bits per heavy atom. The summed E-state index contributed by atoms with van der Waals surface area (Å²) in [4.78, 5) is 18.8. The Morgan fingerprint density at radius 1 is 1.30 bits per heavy atom. The minimum absolute atomic E-state index is 0.161. The number of hydrogen-bond acceptors (Lipinski definition) is 4. The van der Waals surface area contributed by atoms with Gasteiger partial charge in [0.2, 0.25) is 0 Å². The van der Waals surface area contributed by atoms with E-state index in [1.807, 2.05) is 18.5 Å². The van der Waals surface area contributed by atoms with Crippen molar-refractivity contribution in [3.8, 4) is 0 Å². The van der Waals surface area contributed by atoms with Crippen molar-refractivity contribution in [3.63, 3.8) is 0 Å². The van der Waals surface area contributed by atoms with Crippen LogP contribution in [0.1, 0.15) is 40.6 Å². The topological polar surface area (TPSA) is 33.2 Å². The number of thiophene rings is 1. The van der Waals surface area contributed by atoms with Gasteiger partial charge in [-0.2, -0.15) is 0 Å². The van der Waals surface area contributed by atoms with Crippen LogP contribution in [0.15, 0.2) is 36.0 Å². The standard InChI is InChI=1S/C16H18N2OS/c1-12(19)16-8-14(11-20-16)10-18(15-2-3-15)9-13-4-6-17-7-5-13/h4-8,11,15H,2-3,9-10H2,1H3. The van der Waals surface area contributed by atoms with Crippen molar-refractivity contribution in [1.82, 2.24) is 9.88 Å². The highest BCUT2D eigenvalue weighted by atomic mass is 32.1. The Morgan fingerprint density at radius 2 is 2.00 bits per heavy atom. The summed E-state index contributed by atoms with van der Waals surface area (Å²) in [6.45, 7) is 3.51. The Labute approximate surface area is 123 Å². The first-order valence-corrected chi connectivity index (χ1v) is 7.81. The zero-order valence-corrected chi connectivity index (χ0v) is 12.4. The summed E-state index contributed by atoms with van der Waals surface area (Å²) in [5.74, 6) is 0.161. The molecule has 1 aliphatic rings. The summed E-state index contributed by atoms with van der Waals surface area (Å²) in [5.41, 5.74) is 2.55. The van der Waals surface area contributed by atoms with Crippen molar-refractivity contribution >= 4 is 17.1 Å². The Bertz CT molecular complexity index is 590. The molecule has 1 saturated carbocycles. The summed E-state index contributed by atoms with van der Waals surface area (Å²) in [5, 5.41) is 2.11. The fourth-order valence-corrected chi connectivity index (χ4v) is 3.16. The third-order valence-corrected chi connectivity index (χ3v) is 4.66. The summed E-state index contributed by atoms with van der Waals surface area (Å²) in [6.07, 6.45) is 6.27. The molecule has 3 nitrogen and oxygen atoms in total. The summed E-state index contributed by atoms with van der Waals surface area (Å²) in [6, 6.07) is 6.88. The van der Waals surface area contributed by atoms with Crippen LogP contribution in [0.25, 0.3) is 0 Å².